The number of aromatic nitrogens is 2. The molecule has 1 aliphatic heterocycles. The Balaban J connectivity index is 1.86. The first-order chi connectivity index (χ1) is 11.3. The summed E-state index contributed by atoms with van der Waals surface area (Å²) in [4.78, 5) is 0. The van der Waals surface area contributed by atoms with Crippen molar-refractivity contribution in [3.8, 4) is 22.6 Å². The Bertz CT molecular complexity index is 787. The number of phenolic OH excluding ortho intramolecular Hbond substituents is 1. The first-order valence-corrected chi connectivity index (χ1v) is 7.96. The molecule has 1 aliphatic rings. The van der Waals surface area contributed by atoms with E-state index in [-0.39, 0.29) is 5.75 Å². The van der Waals surface area contributed by atoms with Crippen LogP contribution in [0, 0.1) is 0 Å². The Kier molecular flexibility index (Phi) is 3.60. The van der Waals surface area contributed by atoms with E-state index in [0.29, 0.717) is 5.92 Å². The van der Waals surface area contributed by atoms with Gasteiger partial charge in [0.2, 0.25) is 0 Å². The molecular formula is C19H19N3O. The van der Waals surface area contributed by atoms with Crippen LogP contribution in [-0.4, -0.2) is 28.0 Å². The number of para-hydroxylation sites is 1. The van der Waals surface area contributed by atoms with Crippen molar-refractivity contribution in [2.75, 3.05) is 13.1 Å². The fourth-order valence-corrected chi connectivity index (χ4v) is 3.28. The number of hydrogen-bond donors (Lipinski definition) is 2. The van der Waals surface area contributed by atoms with E-state index in [2.05, 4.69) is 27.2 Å². The SMILES string of the molecule is Oc1ccc(-c2cnn(-c3ccccc3)c2C2CCNC2)cc1. The van der Waals surface area contributed by atoms with E-state index in [1.165, 1.54) is 5.69 Å². The van der Waals surface area contributed by atoms with Crippen molar-refractivity contribution < 1.29 is 5.11 Å². The molecular weight excluding hydrogens is 286 g/mol. The van der Waals surface area contributed by atoms with E-state index in [1.54, 1.807) is 12.1 Å². The second-order valence-electron chi connectivity index (χ2n) is 5.93. The van der Waals surface area contributed by atoms with Crippen LogP contribution in [0.15, 0.2) is 60.8 Å². The summed E-state index contributed by atoms with van der Waals surface area (Å²) in [6.07, 6.45) is 3.05. The van der Waals surface area contributed by atoms with Gasteiger partial charge in [0.25, 0.3) is 0 Å². The lowest BCUT2D eigenvalue weighted by Crippen LogP contribution is -2.12. The smallest absolute Gasteiger partial charge is 0.115 e. The van der Waals surface area contributed by atoms with Gasteiger partial charge >= 0.3 is 0 Å². The predicted molar refractivity (Wildman–Crippen MR) is 90.9 cm³/mol. The molecule has 1 fully saturated rings. The highest BCUT2D eigenvalue weighted by Gasteiger charge is 2.25. The van der Waals surface area contributed by atoms with Crippen LogP contribution in [0.3, 0.4) is 0 Å². The van der Waals surface area contributed by atoms with Crippen molar-refractivity contribution in [1.29, 1.82) is 0 Å². The third-order valence-electron chi connectivity index (χ3n) is 4.43. The van der Waals surface area contributed by atoms with Crippen LogP contribution in [0.2, 0.25) is 0 Å². The highest BCUT2D eigenvalue weighted by molar-refractivity contribution is 5.68. The molecule has 0 aliphatic carbocycles. The van der Waals surface area contributed by atoms with Crippen LogP contribution in [0.1, 0.15) is 18.0 Å². The lowest BCUT2D eigenvalue weighted by atomic mass is 9.96. The minimum atomic E-state index is 0.285. The van der Waals surface area contributed by atoms with E-state index in [9.17, 15) is 5.11 Å². The maximum atomic E-state index is 9.54. The molecule has 4 rings (SSSR count). The quantitative estimate of drug-likeness (QED) is 0.780. The van der Waals surface area contributed by atoms with Crippen molar-refractivity contribution in [2.24, 2.45) is 0 Å². The first kappa shape index (κ1) is 14.0. The van der Waals surface area contributed by atoms with E-state index < -0.39 is 0 Å². The first-order valence-electron chi connectivity index (χ1n) is 7.96. The summed E-state index contributed by atoms with van der Waals surface area (Å²) in [6.45, 7) is 2.02. The zero-order valence-corrected chi connectivity index (χ0v) is 12.8. The average Bonchev–Trinajstić information content (AvgIpc) is 3.25. The van der Waals surface area contributed by atoms with Crippen molar-refractivity contribution in [2.45, 2.75) is 12.3 Å². The second kappa shape index (κ2) is 5.89. The van der Waals surface area contributed by atoms with Gasteiger partial charge in [-0.2, -0.15) is 5.10 Å². The lowest BCUT2D eigenvalue weighted by molar-refractivity contribution is 0.475. The highest BCUT2D eigenvalue weighted by Crippen LogP contribution is 2.34. The number of rotatable bonds is 3. The fraction of sp³-hybridized carbons (Fsp3) is 0.211. The Hall–Kier alpha value is -2.59. The molecule has 0 radical (unpaired) electrons. The molecule has 0 spiro atoms. The van der Waals surface area contributed by atoms with Gasteiger partial charge in [-0.3, -0.25) is 0 Å². The largest absolute Gasteiger partial charge is 0.508 e. The van der Waals surface area contributed by atoms with Crippen LogP contribution in [0.4, 0.5) is 0 Å². The summed E-state index contributed by atoms with van der Waals surface area (Å²) in [5.74, 6) is 0.731. The highest BCUT2D eigenvalue weighted by atomic mass is 16.3. The third kappa shape index (κ3) is 2.62. The van der Waals surface area contributed by atoms with Gasteiger partial charge in [0.05, 0.1) is 17.6 Å². The van der Waals surface area contributed by atoms with Gasteiger partial charge in [-0.05, 0) is 42.8 Å². The number of hydrogen-bond acceptors (Lipinski definition) is 3. The number of nitrogens with one attached hydrogen (secondary N) is 1. The van der Waals surface area contributed by atoms with Gasteiger partial charge < -0.3 is 10.4 Å². The van der Waals surface area contributed by atoms with E-state index in [0.717, 1.165) is 36.3 Å². The number of benzene rings is 2. The van der Waals surface area contributed by atoms with Crippen LogP contribution in [-0.2, 0) is 0 Å². The van der Waals surface area contributed by atoms with E-state index in [1.807, 2.05) is 36.5 Å². The summed E-state index contributed by atoms with van der Waals surface area (Å²) < 4.78 is 2.06. The van der Waals surface area contributed by atoms with Gasteiger partial charge in [-0.25, -0.2) is 4.68 Å². The number of phenols is 1. The third-order valence-corrected chi connectivity index (χ3v) is 4.43. The van der Waals surface area contributed by atoms with E-state index >= 15 is 0 Å². The summed E-state index contributed by atoms with van der Waals surface area (Å²) >= 11 is 0. The fourth-order valence-electron chi connectivity index (χ4n) is 3.28. The molecule has 2 heterocycles. The molecule has 4 nitrogen and oxygen atoms in total. The van der Waals surface area contributed by atoms with E-state index in [4.69, 9.17) is 0 Å². The number of nitrogens with zero attached hydrogens (tertiary/aromatic N) is 2. The van der Waals surface area contributed by atoms with Crippen molar-refractivity contribution in [3.63, 3.8) is 0 Å². The van der Waals surface area contributed by atoms with Crippen LogP contribution in [0.5, 0.6) is 5.75 Å². The minimum Gasteiger partial charge on any atom is -0.508 e. The Morgan fingerprint density at radius 3 is 2.52 bits per heavy atom. The molecule has 23 heavy (non-hydrogen) atoms. The normalized spacial score (nSPS) is 17.5. The topological polar surface area (TPSA) is 50.1 Å². The van der Waals surface area contributed by atoms with Gasteiger partial charge in [0.1, 0.15) is 5.75 Å². The minimum absolute atomic E-state index is 0.285. The lowest BCUT2D eigenvalue weighted by Gasteiger charge is -2.15. The molecule has 2 N–H and O–H groups in total. The Labute approximate surface area is 135 Å². The second-order valence-corrected chi connectivity index (χ2v) is 5.93. The monoisotopic (exact) mass is 305 g/mol. The molecule has 1 unspecified atom stereocenters. The molecule has 1 saturated heterocycles. The molecule has 116 valence electrons. The van der Waals surface area contributed by atoms with Crippen molar-refractivity contribution in [3.05, 3.63) is 66.5 Å². The average molecular weight is 305 g/mol. The molecule has 1 atom stereocenters. The van der Waals surface area contributed by atoms with Gasteiger partial charge in [-0.15, -0.1) is 0 Å². The molecule has 1 aromatic heterocycles. The van der Waals surface area contributed by atoms with Crippen molar-refractivity contribution in [1.82, 2.24) is 15.1 Å². The molecule has 2 aromatic carbocycles. The summed E-state index contributed by atoms with van der Waals surface area (Å²) in [5.41, 5.74) is 4.56. The standard InChI is InChI=1S/C19H19N3O/c23-17-8-6-14(7-9-17)18-13-21-22(16-4-2-1-3-5-16)19(18)15-10-11-20-12-15/h1-9,13,15,20,23H,10-12H2. The molecule has 0 saturated carbocycles. The van der Waals surface area contributed by atoms with Gasteiger partial charge in [0, 0.05) is 18.0 Å². The Morgan fingerprint density at radius 2 is 1.83 bits per heavy atom. The summed E-state index contributed by atoms with van der Waals surface area (Å²) in [5, 5.41) is 17.6. The zero-order valence-electron chi connectivity index (χ0n) is 12.8. The van der Waals surface area contributed by atoms with Gasteiger partial charge in [-0.1, -0.05) is 30.3 Å². The molecule has 0 amide bonds. The summed E-state index contributed by atoms with van der Waals surface area (Å²) in [7, 11) is 0. The van der Waals surface area contributed by atoms with Crippen LogP contribution >= 0.6 is 0 Å². The molecule has 3 aromatic rings. The number of aromatic hydroxyl groups is 1. The summed E-state index contributed by atoms with van der Waals surface area (Å²) in [6, 6.07) is 17.6. The molecule has 4 heteroatoms. The maximum absolute atomic E-state index is 9.54. The predicted octanol–water partition coefficient (Wildman–Crippen LogP) is 3.32. The van der Waals surface area contributed by atoms with Gasteiger partial charge in [0.15, 0.2) is 0 Å². The zero-order chi connectivity index (χ0) is 15.6. The maximum Gasteiger partial charge on any atom is 0.115 e. The van der Waals surface area contributed by atoms with Crippen LogP contribution < -0.4 is 5.32 Å². The van der Waals surface area contributed by atoms with Crippen LogP contribution in [0.25, 0.3) is 16.8 Å². The van der Waals surface area contributed by atoms with Crippen molar-refractivity contribution >= 4 is 0 Å². The Morgan fingerprint density at radius 1 is 1.04 bits per heavy atom. The molecule has 0 bridgehead atoms.